The highest BCUT2D eigenvalue weighted by Gasteiger charge is 2.01. The van der Waals surface area contributed by atoms with Gasteiger partial charge in [-0.05, 0) is 32.4 Å². The summed E-state index contributed by atoms with van der Waals surface area (Å²) >= 11 is 0. The number of amides is 1. The van der Waals surface area contributed by atoms with Crippen LogP contribution in [0.4, 0.5) is 0 Å². The zero-order chi connectivity index (χ0) is 13.3. The molecule has 0 aliphatic heterocycles. The molecule has 0 radical (unpaired) electrons. The van der Waals surface area contributed by atoms with Gasteiger partial charge in [0, 0.05) is 25.3 Å². The van der Waals surface area contributed by atoms with E-state index in [9.17, 15) is 9.59 Å². The average Bonchev–Trinajstić information content (AvgIpc) is 2.22. The summed E-state index contributed by atoms with van der Waals surface area (Å²) in [6.45, 7) is 3.70. The van der Waals surface area contributed by atoms with Crippen molar-refractivity contribution in [2.75, 3.05) is 13.6 Å². The van der Waals surface area contributed by atoms with Crippen molar-refractivity contribution in [3.63, 3.8) is 0 Å². The fraction of sp³-hybridized carbons (Fsp3) is 0.545. The summed E-state index contributed by atoms with van der Waals surface area (Å²) in [6.07, 6.45) is 2.41. The molecular formula is C11H19N3O3. The Kier molecular flexibility index (Phi) is 7.62. The van der Waals surface area contributed by atoms with E-state index < -0.39 is 5.97 Å². The Morgan fingerprint density at radius 1 is 1.29 bits per heavy atom. The molecule has 17 heavy (non-hydrogen) atoms. The van der Waals surface area contributed by atoms with Crippen LogP contribution >= 0.6 is 0 Å². The first-order valence-corrected chi connectivity index (χ1v) is 5.32. The molecule has 1 amide bonds. The number of likely N-dealkylation sites (N-methyl/N-ethyl adjacent to an activating group) is 1. The molecule has 6 nitrogen and oxygen atoms in total. The van der Waals surface area contributed by atoms with E-state index in [1.807, 2.05) is 0 Å². The Bertz CT molecular complexity index is 335. The Labute approximate surface area is 101 Å². The number of hydrogen-bond acceptors (Lipinski definition) is 4. The van der Waals surface area contributed by atoms with Crippen molar-refractivity contribution in [1.29, 1.82) is 0 Å². The predicted molar refractivity (Wildman–Crippen MR) is 65.8 cm³/mol. The molecule has 0 rings (SSSR count). The normalized spacial score (nSPS) is 12.4. The molecule has 0 bridgehead atoms. The van der Waals surface area contributed by atoms with Crippen LogP contribution in [0.5, 0.6) is 0 Å². The number of carbonyl (C=O) groups is 2. The maximum absolute atomic E-state index is 10.6. The zero-order valence-corrected chi connectivity index (χ0v) is 10.4. The van der Waals surface area contributed by atoms with E-state index in [4.69, 9.17) is 5.11 Å². The fourth-order valence-corrected chi connectivity index (χ4v) is 1.18. The highest BCUT2D eigenvalue weighted by atomic mass is 16.4. The van der Waals surface area contributed by atoms with Crippen LogP contribution < -0.4 is 10.7 Å². The van der Waals surface area contributed by atoms with Gasteiger partial charge in [0.15, 0.2) is 0 Å². The molecule has 0 aliphatic carbocycles. The monoisotopic (exact) mass is 241 g/mol. The first-order valence-electron chi connectivity index (χ1n) is 5.32. The molecule has 0 saturated heterocycles. The first kappa shape index (κ1) is 15.3. The number of hydrazone groups is 1. The Balaban J connectivity index is 4.25. The number of hydrogen-bond donors (Lipinski definition) is 3. The van der Waals surface area contributed by atoms with Crippen molar-refractivity contribution in [3.8, 4) is 0 Å². The second-order valence-corrected chi connectivity index (χ2v) is 3.69. The van der Waals surface area contributed by atoms with Crippen LogP contribution in [-0.2, 0) is 9.59 Å². The van der Waals surface area contributed by atoms with Gasteiger partial charge in [0.1, 0.15) is 0 Å². The molecule has 0 unspecified atom stereocenters. The third kappa shape index (κ3) is 9.25. The minimum atomic E-state index is -0.952. The van der Waals surface area contributed by atoms with Crippen LogP contribution in [0, 0.1) is 0 Å². The van der Waals surface area contributed by atoms with Gasteiger partial charge >= 0.3 is 5.97 Å². The molecule has 96 valence electrons. The number of nitrogens with one attached hydrogen (secondary N) is 2. The molecular weight excluding hydrogens is 222 g/mol. The zero-order valence-electron chi connectivity index (χ0n) is 10.4. The Morgan fingerprint density at radius 3 is 2.41 bits per heavy atom. The lowest BCUT2D eigenvalue weighted by atomic mass is 10.1. The summed E-state index contributed by atoms with van der Waals surface area (Å²) < 4.78 is 0. The van der Waals surface area contributed by atoms with Gasteiger partial charge < -0.3 is 10.4 Å². The van der Waals surface area contributed by atoms with Crippen molar-refractivity contribution in [2.24, 2.45) is 5.10 Å². The topological polar surface area (TPSA) is 90.8 Å². The third-order valence-corrected chi connectivity index (χ3v) is 1.94. The van der Waals surface area contributed by atoms with Gasteiger partial charge in [0.2, 0.25) is 5.91 Å². The van der Waals surface area contributed by atoms with Crippen LogP contribution in [-0.4, -0.2) is 36.3 Å². The van der Waals surface area contributed by atoms with Gasteiger partial charge in [-0.3, -0.25) is 4.79 Å². The number of aliphatic carboxylic acids is 1. The Hall–Kier alpha value is -1.69. The first-order chi connectivity index (χ1) is 7.95. The molecule has 6 heteroatoms. The van der Waals surface area contributed by atoms with E-state index in [2.05, 4.69) is 15.8 Å². The van der Waals surface area contributed by atoms with Crippen molar-refractivity contribution < 1.29 is 14.7 Å². The third-order valence-electron chi connectivity index (χ3n) is 1.94. The van der Waals surface area contributed by atoms with E-state index in [1.165, 1.54) is 13.0 Å². The minimum Gasteiger partial charge on any atom is -0.478 e. The largest absolute Gasteiger partial charge is 0.478 e. The van der Waals surface area contributed by atoms with Crippen molar-refractivity contribution >= 4 is 17.6 Å². The van der Waals surface area contributed by atoms with Crippen LogP contribution in [0.25, 0.3) is 0 Å². The molecule has 0 spiro atoms. The van der Waals surface area contributed by atoms with Gasteiger partial charge in [-0.1, -0.05) is 0 Å². The van der Waals surface area contributed by atoms with Crippen LogP contribution in [0.3, 0.4) is 0 Å². The van der Waals surface area contributed by atoms with Crippen molar-refractivity contribution in [1.82, 2.24) is 10.7 Å². The van der Waals surface area contributed by atoms with Gasteiger partial charge in [0.05, 0.1) is 0 Å². The molecule has 0 aromatic rings. The van der Waals surface area contributed by atoms with Crippen LogP contribution in [0.15, 0.2) is 16.8 Å². The fourth-order valence-electron chi connectivity index (χ4n) is 1.18. The number of carboxylic acid groups (broad SMARTS) is 1. The summed E-state index contributed by atoms with van der Waals surface area (Å²) in [6, 6.07) is 0. The summed E-state index contributed by atoms with van der Waals surface area (Å²) in [7, 11) is 1.76. The van der Waals surface area contributed by atoms with Gasteiger partial charge in [-0.15, -0.1) is 0 Å². The quantitative estimate of drug-likeness (QED) is 0.344. The molecule has 3 N–H and O–H groups in total. The van der Waals surface area contributed by atoms with Gasteiger partial charge in [-0.2, -0.15) is 5.10 Å². The number of carbonyl (C=O) groups excluding carboxylic acids is 1. The molecule has 0 saturated carbocycles. The Morgan fingerprint density at radius 2 is 1.94 bits per heavy atom. The number of rotatable bonds is 7. The second-order valence-electron chi connectivity index (χ2n) is 3.69. The maximum Gasteiger partial charge on any atom is 0.328 e. The van der Waals surface area contributed by atoms with E-state index in [-0.39, 0.29) is 5.91 Å². The molecule has 0 aromatic carbocycles. The number of carboxylic acids is 1. The lowest BCUT2D eigenvalue weighted by molar-refractivity contribution is -0.131. The summed E-state index contributed by atoms with van der Waals surface area (Å²) in [4.78, 5) is 21.2. The second kappa shape index (κ2) is 8.46. The van der Waals surface area contributed by atoms with E-state index in [1.54, 1.807) is 14.0 Å². The van der Waals surface area contributed by atoms with Crippen LogP contribution in [0.2, 0.25) is 0 Å². The predicted octanol–water partition coefficient (Wildman–Crippen LogP) is 0.509. The molecule has 0 fully saturated rings. The maximum atomic E-state index is 10.6. The minimum absolute atomic E-state index is 0.221. The van der Waals surface area contributed by atoms with Crippen molar-refractivity contribution in [3.05, 3.63) is 11.6 Å². The van der Waals surface area contributed by atoms with Gasteiger partial charge in [0.25, 0.3) is 0 Å². The van der Waals surface area contributed by atoms with Gasteiger partial charge in [-0.25, -0.2) is 10.2 Å². The van der Waals surface area contributed by atoms with Crippen molar-refractivity contribution in [2.45, 2.75) is 26.7 Å². The lowest BCUT2D eigenvalue weighted by Gasteiger charge is -2.06. The summed E-state index contributed by atoms with van der Waals surface area (Å²) in [5.41, 5.74) is 3.89. The number of nitrogens with zero attached hydrogens (tertiary/aromatic N) is 1. The SMILES string of the molecule is CNC/C(=C\C(=O)O)CC/C(C)=N\NC(C)=O. The van der Waals surface area contributed by atoms with Crippen LogP contribution in [0.1, 0.15) is 26.7 Å². The highest BCUT2D eigenvalue weighted by Crippen LogP contribution is 2.05. The standard InChI is InChI=1S/C11H19N3O3/c1-8(13-14-9(2)15)4-5-10(7-12-3)6-11(16)17/h6,12H,4-5,7H2,1-3H3,(H,14,15)(H,16,17)/b10-6-,13-8-. The average molecular weight is 241 g/mol. The van der Waals surface area contributed by atoms with E-state index >= 15 is 0 Å². The van der Waals surface area contributed by atoms with E-state index in [0.29, 0.717) is 19.4 Å². The summed E-state index contributed by atoms with van der Waals surface area (Å²) in [5, 5.41) is 15.4. The lowest BCUT2D eigenvalue weighted by Crippen LogP contribution is -2.16. The molecule has 0 atom stereocenters. The van der Waals surface area contributed by atoms with E-state index in [0.717, 1.165) is 11.3 Å². The summed E-state index contributed by atoms with van der Waals surface area (Å²) in [5.74, 6) is -1.17. The smallest absolute Gasteiger partial charge is 0.328 e. The molecule has 0 heterocycles. The molecule has 0 aromatic heterocycles. The molecule has 0 aliphatic rings. The highest BCUT2D eigenvalue weighted by molar-refractivity contribution is 5.84.